The fourth-order valence-corrected chi connectivity index (χ4v) is 2.08. The van der Waals surface area contributed by atoms with Crippen LogP contribution in [0.2, 0.25) is 0 Å². The third-order valence-corrected chi connectivity index (χ3v) is 2.98. The van der Waals surface area contributed by atoms with Crippen LogP contribution < -0.4 is 5.73 Å². The van der Waals surface area contributed by atoms with Gasteiger partial charge in [0.2, 0.25) is 5.88 Å². The number of benzene rings is 1. The minimum atomic E-state index is 0.0204. The number of anilines is 1. The highest BCUT2D eigenvalue weighted by Gasteiger charge is 2.09. The minimum Gasteiger partial charge on any atom is -0.493 e. The molecule has 0 unspecified atom stereocenters. The van der Waals surface area contributed by atoms with Crippen LogP contribution in [-0.2, 0) is 7.05 Å². The molecule has 3 aromatic rings. The van der Waals surface area contributed by atoms with Gasteiger partial charge in [0.05, 0.1) is 5.52 Å². The average molecular weight is 240 g/mol. The van der Waals surface area contributed by atoms with Crippen LogP contribution in [0.4, 0.5) is 5.82 Å². The van der Waals surface area contributed by atoms with Crippen molar-refractivity contribution in [2.24, 2.45) is 7.05 Å². The Morgan fingerprint density at radius 1 is 1.28 bits per heavy atom. The number of hydrogen-bond acceptors (Lipinski definition) is 4. The second-order valence-electron chi connectivity index (χ2n) is 4.12. The Morgan fingerprint density at radius 2 is 2.11 bits per heavy atom. The van der Waals surface area contributed by atoms with E-state index in [1.165, 1.54) is 0 Å². The summed E-state index contributed by atoms with van der Waals surface area (Å²) < 4.78 is 1.72. The first-order valence-corrected chi connectivity index (χ1v) is 5.53. The molecule has 5 nitrogen and oxygen atoms in total. The summed E-state index contributed by atoms with van der Waals surface area (Å²) in [6, 6.07) is 9.35. The van der Waals surface area contributed by atoms with Gasteiger partial charge in [0.25, 0.3) is 0 Å². The molecule has 3 rings (SSSR count). The topological polar surface area (TPSA) is 77.0 Å². The Hall–Kier alpha value is -2.56. The molecule has 1 aromatic carbocycles. The van der Waals surface area contributed by atoms with Gasteiger partial charge in [-0.05, 0) is 29.8 Å². The van der Waals surface area contributed by atoms with E-state index >= 15 is 0 Å². The van der Waals surface area contributed by atoms with E-state index in [-0.39, 0.29) is 5.88 Å². The average Bonchev–Trinajstić information content (AvgIpc) is 2.65. The van der Waals surface area contributed by atoms with Crippen molar-refractivity contribution in [3.8, 4) is 17.0 Å². The SMILES string of the molecule is Cn1nc(N)c2ccc(-c3cccnc3O)cc21. The van der Waals surface area contributed by atoms with Crippen LogP contribution in [0.5, 0.6) is 5.88 Å². The number of hydrogen-bond donors (Lipinski definition) is 2. The zero-order valence-corrected chi connectivity index (χ0v) is 9.83. The van der Waals surface area contributed by atoms with Gasteiger partial charge in [0.1, 0.15) is 0 Å². The van der Waals surface area contributed by atoms with Crippen molar-refractivity contribution in [3.05, 3.63) is 36.5 Å². The van der Waals surface area contributed by atoms with Crippen LogP contribution in [-0.4, -0.2) is 19.9 Å². The number of rotatable bonds is 1. The molecule has 18 heavy (non-hydrogen) atoms. The highest BCUT2D eigenvalue weighted by atomic mass is 16.3. The number of aromatic hydroxyl groups is 1. The molecule has 0 aliphatic rings. The summed E-state index contributed by atoms with van der Waals surface area (Å²) in [5, 5.41) is 14.8. The molecule has 0 radical (unpaired) electrons. The maximum absolute atomic E-state index is 9.75. The third kappa shape index (κ3) is 1.48. The largest absolute Gasteiger partial charge is 0.493 e. The number of nitrogens with zero attached hydrogens (tertiary/aromatic N) is 3. The Balaban J connectivity index is 2.26. The van der Waals surface area contributed by atoms with Gasteiger partial charge < -0.3 is 10.8 Å². The quantitative estimate of drug-likeness (QED) is 0.681. The molecule has 0 aliphatic carbocycles. The normalized spacial score (nSPS) is 10.9. The van der Waals surface area contributed by atoms with Crippen molar-refractivity contribution in [2.75, 3.05) is 5.73 Å². The molecule has 0 saturated heterocycles. The van der Waals surface area contributed by atoms with Gasteiger partial charge in [0, 0.05) is 24.2 Å². The number of fused-ring (bicyclic) bond motifs is 1. The van der Waals surface area contributed by atoms with E-state index in [1.807, 2.05) is 31.3 Å². The number of nitrogens with two attached hydrogens (primary N) is 1. The molecule has 0 spiro atoms. The fraction of sp³-hybridized carbons (Fsp3) is 0.0769. The van der Waals surface area contributed by atoms with Gasteiger partial charge in [-0.2, -0.15) is 5.10 Å². The Kier molecular flexibility index (Phi) is 2.19. The van der Waals surface area contributed by atoms with Crippen molar-refractivity contribution in [1.29, 1.82) is 0 Å². The smallest absolute Gasteiger partial charge is 0.218 e. The van der Waals surface area contributed by atoms with Crippen molar-refractivity contribution in [3.63, 3.8) is 0 Å². The van der Waals surface area contributed by atoms with E-state index in [0.29, 0.717) is 11.4 Å². The maximum Gasteiger partial charge on any atom is 0.218 e. The monoisotopic (exact) mass is 240 g/mol. The molecule has 0 saturated carbocycles. The lowest BCUT2D eigenvalue weighted by Gasteiger charge is -2.04. The van der Waals surface area contributed by atoms with Crippen LogP contribution in [0.3, 0.4) is 0 Å². The zero-order chi connectivity index (χ0) is 12.7. The van der Waals surface area contributed by atoms with Crippen LogP contribution in [0.25, 0.3) is 22.0 Å². The van der Waals surface area contributed by atoms with Gasteiger partial charge >= 0.3 is 0 Å². The summed E-state index contributed by atoms with van der Waals surface area (Å²) in [4.78, 5) is 3.87. The van der Waals surface area contributed by atoms with Gasteiger partial charge in [-0.1, -0.05) is 6.07 Å². The van der Waals surface area contributed by atoms with Gasteiger partial charge in [-0.15, -0.1) is 0 Å². The highest BCUT2D eigenvalue weighted by molar-refractivity contribution is 5.92. The Labute approximate surface area is 103 Å². The Bertz CT molecular complexity index is 733. The molecule has 2 aromatic heterocycles. The van der Waals surface area contributed by atoms with Gasteiger partial charge in [-0.3, -0.25) is 4.68 Å². The summed E-state index contributed by atoms with van der Waals surface area (Å²) in [5.41, 5.74) is 8.31. The molecule has 0 bridgehead atoms. The van der Waals surface area contributed by atoms with E-state index in [4.69, 9.17) is 5.73 Å². The molecule has 5 heteroatoms. The van der Waals surface area contributed by atoms with E-state index in [9.17, 15) is 5.11 Å². The molecular weight excluding hydrogens is 228 g/mol. The molecule has 0 aliphatic heterocycles. The first-order chi connectivity index (χ1) is 8.66. The lowest BCUT2D eigenvalue weighted by atomic mass is 10.1. The molecule has 0 atom stereocenters. The zero-order valence-electron chi connectivity index (χ0n) is 9.83. The number of aromatic nitrogens is 3. The lowest BCUT2D eigenvalue weighted by molar-refractivity contribution is 0.455. The summed E-state index contributed by atoms with van der Waals surface area (Å²) >= 11 is 0. The highest BCUT2D eigenvalue weighted by Crippen LogP contribution is 2.30. The summed E-state index contributed by atoms with van der Waals surface area (Å²) in [5.74, 6) is 0.529. The summed E-state index contributed by atoms with van der Waals surface area (Å²) in [6.07, 6.45) is 1.55. The predicted octanol–water partition coefficient (Wildman–Crippen LogP) is 1.92. The van der Waals surface area contributed by atoms with Crippen LogP contribution in [0.15, 0.2) is 36.5 Å². The van der Waals surface area contributed by atoms with Crippen molar-refractivity contribution < 1.29 is 5.11 Å². The van der Waals surface area contributed by atoms with E-state index in [0.717, 1.165) is 16.5 Å². The Morgan fingerprint density at radius 3 is 2.89 bits per heavy atom. The van der Waals surface area contributed by atoms with E-state index in [2.05, 4.69) is 10.1 Å². The molecule has 0 fully saturated rings. The standard InChI is InChI=1S/C13H12N4O/c1-17-11-7-8(4-5-10(11)12(14)16-17)9-3-2-6-15-13(9)18/h2-7H,1H3,(H2,14,16)(H,15,18). The molecule has 3 N–H and O–H groups in total. The number of nitrogen functional groups attached to an aromatic ring is 1. The first kappa shape index (κ1) is 10.6. The molecule has 0 amide bonds. The second kappa shape index (κ2) is 3.73. The van der Waals surface area contributed by atoms with E-state index < -0.39 is 0 Å². The number of aryl methyl sites for hydroxylation is 1. The van der Waals surface area contributed by atoms with Crippen molar-refractivity contribution >= 4 is 16.7 Å². The summed E-state index contributed by atoms with van der Waals surface area (Å²) in [7, 11) is 1.84. The van der Waals surface area contributed by atoms with Crippen molar-refractivity contribution in [1.82, 2.24) is 14.8 Å². The lowest BCUT2D eigenvalue weighted by Crippen LogP contribution is -1.91. The maximum atomic E-state index is 9.75. The van der Waals surface area contributed by atoms with E-state index in [1.54, 1.807) is 16.9 Å². The number of pyridine rings is 1. The predicted molar refractivity (Wildman–Crippen MR) is 70.0 cm³/mol. The van der Waals surface area contributed by atoms with Crippen molar-refractivity contribution in [2.45, 2.75) is 0 Å². The van der Waals surface area contributed by atoms with Gasteiger partial charge in [0.15, 0.2) is 5.82 Å². The van der Waals surface area contributed by atoms with Crippen LogP contribution in [0.1, 0.15) is 0 Å². The fourth-order valence-electron chi connectivity index (χ4n) is 2.08. The van der Waals surface area contributed by atoms with Crippen LogP contribution in [0, 0.1) is 0 Å². The summed E-state index contributed by atoms with van der Waals surface area (Å²) in [6.45, 7) is 0. The van der Waals surface area contributed by atoms with Crippen LogP contribution >= 0.6 is 0 Å². The molecular formula is C13H12N4O. The molecule has 90 valence electrons. The molecule has 2 heterocycles. The third-order valence-electron chi connectivity index (χ3n) is 2.98. The minimum absolute atomic E-state index is 0.0204. The van der Waals surface area contributed by atoms with Gasteiger partial charge in [-0.25, -0.2) is 4.98 Å². The second-order valence-corrected chi connectivity index (χ2v) is 4.12. The first-order valence-electron chi connectivity index (χ1n) is 5.53.